The van der Waals surface area contributed by atoms with Crippen LogP contribution in [0.25, 0.3) is 0 Å². The number of rotatable bonds is 5. The lowest BCUT2D eigenvalue weighted by Crippen LogP contribution is -2.32. The third kappa shape index (κ3) is 2.83. The van der Waals surface area contributed by atoms with E-state index in [0.29, 0.717) is 18.2 Å². The van der Waals surface area contributed by atoms with Crippen molar-refractivity contribution in [1.29, 1.82) is 0 Å². The first-order valence-corrected chi connectivity index (χ1v) is 6.28. The molecule has 0 radical (unpaired) electrons. The minimum absolute atomic E-state index is 0.152. The molecular weight excluding hydrogens is 246 g/mol. The number of aromatic nitrogens is 1. The van der Waals surface area contributed by atoms with E-state index in [9.17, 15) is 9.59 Å². The number of ether oxygens (including phenoxy) is 1. The Morgan fingerprint density at radius 1 is 1.53 bits per heavy atom. The van der Waals surface area contributed by atoms with Gasteiger partial charge in [0.1, 0.15) is 6.04 Å². The van der Waals surface area contributed by atoms with Crippen LogP contribution in [0, 0.1) is 0 Å². The van der Waals surface area contributed by atoms with Crippen LogP contribution >= 0.6 is 0 Å². The molecule has 6 nitrogen and oxygen atoms in total. The zero-order valence-corrected chi connectivity index (χ0v) is 11.0. The Kier molecular flexibility index (Phi) is 3.99. The Hall–Kier alpha value is -2.11. The fourth-order valence-electron chi connectivity index (χ4n) is 1.86. The minimum atomic E-state index is -0.559. The van der Waals surface area contributed by atoms with Crippen LogP contribution in [0.5, 0.6) is 5.75 Å². The van der Waals surface area contributed by atoms with E-state index in [0.717, 1.165) is 11.3 Å². The van der Waals surface area contributed by atoms with E-state index < -0.39 is 6.04 Å². The fourth-order valence-corrected chi connectivity index (χ4v) is 1.86. The van der Waals surface area contributed by atoms with Crippen molar-refractivity contribution in [1.82, 2.24) is 9.88 Å². The molecular formula is C13H17N3O3. The number of carbonyl (C=O) groups is 2. The van der Waals surface area contributed by atoms with Gasteiger partial charge < -0.3 is 10.1 Å². The van der Waals surface area contributed by atoms with Gasteiger partial charge in [0, 0.05) is 13.2 Å². The highest BCUT2D eigenvalue weighted by Crippen LogP contribution is 2.24. The van der Waals surface area contributed by atoms with Crippen molar-refractivity contribution < 1.29 is 14.3 Å². The summed E-state index contributed by atoms with van der Waals surface area (Å²) in [5.74, 6) is 0.670. The molecule has 1 N–H and O–H groups in total. The van der Waals surface area contributed by atoms with Crippen LogP contribution in [0.15, 0.2) is 18.3 Å². The maximum absolute atomic E-state index is 11.8. The van der Waals surface area contributed by atoms with Crippen LogP contribution in [0.1, 0.15) is 19.8 Å². The molecule has 2 rings (SSSR count). The molecule has 6 heteroatoms. The highest BCUT2D eigenvalue weighted by atomic mass is 16.5. The minimum Gasteiger partial charge on any atom is -0.490 e. The lowest BCUT2D eigenvalue weighted by atomic mass is 10.2. The summed E-state index contributed by atoms with van der Waals surface area (Å²) in [7, 11) is 1.49. The van der Waals surface area contributed by atoms with E-state index in [4.69, 9.17) is 4.74 Å². The lowest BCUT2D eigenvalue weighted by Gasteiger charge is -2.15. The normalized spacial score (nSPS) is 18.8. The fraction of sp³-hybridized carbons (Fsp3) is 0.462. The number of hydrogen-bond acceptors (Lipinski definition) is 5. The summed E-state index contributed by atoms with van der Waals surface area (Å²) in [4.78, 5) is 28.6. The van der Waals surface area contributed by atoms with Crippen molar-refractivity contribution >= 4 is 17.6 Å². The molecule has 1 atom stereocenters. The highest BCUT2D eigenvalue weighted by molar-refractivity contribution is 6.06. The average molecular weight is 263 g/mol. The number of nitrogens with one attached hydrogen (secondary N) is 1. The Balaban J connectivity index is 2.11. The summed E-state index contributed by atoms with van der Waals surface area (Å²) in [6.45, 7) is 2.59. The molecule has 2 amide bonds. The standard InChI is InChI=1S/C13H17N3O3/c1-3-7-19-10-5-4-6-14-12(10)15-9-8-11(17)16(2)13(9)18/h4-6,9H,3,7-8H2,1-2H3,(H,14,15). The van der Waals surface area contributed by atoms with Gasteiger partial charge in [0.15, 0.2) is 11.6 Å². The highest BCUT2D eigenvalue weighted by Gasteiger charge is 2.36. The van der Waals surface area contributed by atoms with Gasteiger partial charge in [0.05, 0.1) is 13.0 Å². The number of likely N-dealkylation sites (N-methyl/N-ethyl adjacent to an activating group) is 1. The predicted octanol–water partition coefficient (Wildman–Crippen LogP) is 1.04. The summed E-state index contributed by atoms with van der Waals surface area (Å²) in [5.41, 5.74) is 0. The van der Waals surface area contributed by atoms with Gasteiger partial charge in [-0.05, 0) is 18.6 Å². The first-order chi connectivity index (χ1) is 9.13. The summed E-state index contributed by atoms with van der Waals surface area (Å²) < 4.78 is 5.55. The topological polar surface area (TPSA) is 71.5 Å². The number of imide groups is 1. The Bertz CT molecular complexity index is 490. The number of carbonyl (C=O) groups excluding carboxylic acids is 2. The van der Waals surface area contributed by atoms with Crippen molar-refractivity contribution in [3.05, 3.63) is 18.3 Å². The zero-order chi connectivity index (χ0) is 13.8. The van der Waals surface area contributed by atoms with E-state index in [1.807, 2.05) is 6.92 Å². The van der Waals surface area contributed by atoms with Gasteiger partial charge in [0.25, 0.3) is 5.91 Å². The lowest BCUT2D eigenvalue weighted by molar-refractivity contribution is -0.136. The quantitative estimate of drug-likeness (QED) is 0.804. The monoisotopic (exact) mass is 263 g/mol. The number of pyridine rings is 1. The maximum Gasteiger partial charge on any atom is 0.251 e. The molecule has 2 heterocycles. The molecule has 0 bridgehead atoms. The molecule has 0 aliphatic carbocycles. The van der Waals surface area contributed by atoms with Gasteiger partial charge in [-0.15, -0.1) is 0 Å². The summed E-state index contributed by atoms with van der Waals surface area (Å²) >= 11 is 0. The molecule has 1 aliphatic heterocycles. The molecule has 0 saturated carbocycles. The van der Waals surface area contributed by atoms with E-state index in [1.165, 1.54) is 7.05 Å². The molecule has 102 valence electrons. The Morgan fingerprint density at radius 3 is 2.95 bits per heavy atom. The van der Waals surface area contributed by atoms with Gasteiger partial charge in [-0.3, -0.25) is 14.5 Å². The third-order valence-electron chi connectivity index (χ3n) is 2.92. The molecule has 0 spiro atoms. The first-order valence-electron chi connectivity index (χ1n) is 6.28. The largest absolute Gasteiger partial charge is 0.490 e. The van der Waals surface area contributed by atoms with Crippen LogP contribution in [0.2, 0.25) is 0 Å². The first kappa shape index (κ1) is 13.3. The van der Waals surface area contributed by atoms with E-state index in [-0.39, 0.29) is 18.2 Å². The molecule has 0 aromatic carbocycles. The van der Waals surface area contributed by atoms with Gasteiger partial charge in [-0.2, -0.15) is 0 Å². The Labute approximate surface area is 111 Å². The zero-order valence-electron chi connectivity index (χ0n) is 11.0. The van der Waals surface area contributed by atoms with Crippen molar-refractivity contribution in [3.63, 3.8) is 0 Å². The second-order valence-corrected chi connectivity index (χ2v) is 4.39. The molecule has 1 aromatic heterocycles. The predicted molar refractivity (Wildman–Crippen MR) is 69.8 cm³/mol. The number of hydrogen-bond donors (Lipinski definition) is 1. The van der Waals surface area contributed by atoms with Crippen molar-refractivity contribution in [2.75, 3.05) is 19.0 Å². The molecule has 1 saturated heterocycles. The van der Waals surface area contributed by atoms with Crippen LogP contribution in [0.4, 0.5) is 5.82 Å². The second-order valence-electron chi connectivity index (χ2n) is 4.39. The second kappa shape index (κ2) is 5.69. The number of amides is 2. The molecule has 1 unspecified atom stereocenters. The van der Waals surface area contributed by atoms with Crippen LogP contribution in [-0.4, -0.2) is 41.4 Å². The molecule has 1 aliphatic rings. The van der Waals surface area contributed by atoms with E-state index >= 15 is 0 Å². The van der Waals surface area contributed by atoms with Gasteiger partial charge >= 0.3 is 0 Å². The van der Waals surface area contributed by atoms with Crippen LogP contribution in [0.3, 0.4) is 0 Å². The third-order valence-corrected chi connectivity index (χ3v) is 2.92. The SMILES string of the molecule is CCCOc1cccnc1NC1CC(=O)N(C)C1=O. The summed E-state index contributed by atoms with van der Waals surface area (Å²) in [6.07, 6.45) is 2.66. The molecule has 1 fully saturated rings. The van der Waals surface area contributed by atoms with E-state index in [1.54, 1.807) is 18.3 Å². The van der Waals surface area contributed by atoms with Crippen LogP contribution in [-0.2, 0) is 9.59 Å². The van der Waals surface area contributed by atoms with Gasteiger partial charge in [-0.25, -0.2) is 4.98 Å². The van der Waals surface area contributed by atoms with Gasteiger partial charge in [-0.1, -0.05) is 6.92 Å². The Morgan fingerprint density at radius 2 is 2.32 bits per heavy atom. The molecule has 1 aromatic rings. The maximum atomic E-state index is 11.8. The average Bonchev–Trinajstić information content (AvgIpc) is 2.65. The van der Waals surface area contributed by atoms with Crippen LogP contribution < -0.4 is 10.1 Å². The summed E-state index contributed by atoms with van der Waals surface area (Å²) in [6, 6.07) is 3.00. The number of likely N-dealkylation sites (tertiary alicyclic amines) is 1. The van der Waals surface area contributed by atoms with Crippen molar-refractivity contribution in [3.8, 4) is 5.75 Å². The number of anilines is 1. The van der Waals surface area contributed by atoms with Crippen molar-refractivity contribution in [2.45, 2.75) is 25.8 Å². The van der Waals surface area contributed by atoms with Crippen molar-refractivity contribution in [2.24, 2.45) is 0 Å². The van der Waals surface area contributed by atoms with E-state index in [2.05, 4.69) is 10.3 Å². The smallest absolute Gasteiger partial charge is 0.251 e. The molecule has 19 heavy (non-hydrogen) atoms. The van der Waals surface area contributed by atoms with Gasteiger partial charge in [0.2, 0.25) is 5.91 Å². The summed E-state index contributed by atoms with van der Waals surface area (Å²) in [5, 5.41) is 2.98. The number of nitrogens with zero attached hydrogens (tertiary/aromatic N) is 2.